The summed E-state index contributed by atoms with van der Waals surface area (Å²) >= 11 is 0. The lowest BCUT2D eigenvalue weighted by molar-refractivity contribution is -0.0852. The summed E-state index contributed by atoms with van der Waals surface area (Å²) in [5, 5.41) is 17.8. The van der Waals surface area contributed by atoms with Gasteiger partial charge in [0.05, 0.1) is 62.7 Å². The number of hydrogen-bond donors (Lipinski definition) is 2. The van der Waals surface area contributed by atoms with Crippen LogP contribution in [0.15, 0.2) is 41.8 Å². The molecular weight excluding hydrogens is 638 g/mol. The highest BCUT2D eigenvalue weighted by Crippen LogP contribution is 2.35. The van der Waals surface area contributed by atoms with Gasteiger partial charge in [-0.3, -0.25) is 14.6 Å². The van der Waals surface area contributed by atoms with E-state index in [0.29, 0.717) is 67.8 Å². The van der Waals surface area contributed by atoms with Gasteiger partial charge in [-0.2, -0.15) is 5.26 Å². The lowest BCUT2D eigenvalue weighted by Gasteiger charge is -2.42. The first-order chi connectivity index (χ1) is 24.4. The Kier molecular flexibility index (Phi) is 13.8. The van der Waals surface area contributed by atoms with Gasteiger partial charge in [-0.05, 0) is 64.2 Å². The molecule has 3 aromatic rings. The van der Waals surface area contributed by atoms with Crippen LogP contribution in [0.5, 0.6) is 11.6 Å². The third kappa shape index (κ3) is 10.4. The molecule has 1 aromatic carbocycles. The van der Waals surface area contributed by atoms with Crippen LogP contribution in [-0.4, -0.2) is 109 Å². The molecule has 2 fully saturated rings. The fraction of sp³-hybridized carbons (Fsp3) is 0.583. The normalized spacial score (nSPS) is 21.9. The lowest BCUT2D eigenvalue weighted by atomic mass is 9.89. The fourth-order valence-corrected chi connectivity index (χ4v) is 6.55. The van der Waals surface area contributed by atoms with E-state index in [2.05, 4.69) is 45.1 Å². The minimum absolute atomic E-state index is 0.257. The Morgan fingerprint density at radius 3 is 2.50 bits per heavy atom. The molecule has 50 heavy (non-hydrogen) atoms. The number of nitriles is 1. The second-order valence-electron chi connectivity index (χ2n) is 13.0. The molecule has 270 valence electrons. The second kappa shape index (κ2) is 18.6. The number of nitrogens with one attached hydrogen (secondary N) is 1. The summed E-state index contributed by atoms with van der Waals surface area (Å²) in [6.07, 6.45) is 12.0. The number of aliphatic imine (C=N–C) groups is 1. The summed E-state index contributed by atoms with van der Waals surface area (Å²) in [5.41, 5.74) is 8.11. The summed E-state index contributed by atoms with van der Waals surface area (Å²) < 4.78 is 30.8. The van der Waals surface area contributed by atoms with E-state index in [1.807, 2.05) is 29.9 Å². The van der Waals surface area contributed by atoms with E-state index < -0.39 is 0 Å². The first-order valence-corrected chi connectivity index (χ1v) is 17.5. The molecule has 2 aromatic heterocycles. The van der Waals surface area contributed by atoms with Crippen LogP contribution in [0.2, 0.25) is 0 Å². The van der Waals surface area contributed by atoms with E-state index in [4.69, 9.17) is 34.5 Å². The van der Waals surface area contributed by atoms with Crippen molar-refractivity contribution in [1.29, 1.82) is 5.26 Å². The largest absolute Gasteiger partial charge is 0.487 e. The summed E-state index contributed by atoms with van der Waals surface area (Å²) in [7, 11) is 1.66. The van der Waals surface area contributed by atoms with Crippen molar-refractivity contribution >= 4 is 18.0 Å². The first kappa shape index (κ1) is 37.0. The van der Waals surface area contributed by atoms with Gasteiger partial charge in [-0.15, -0.1) is 5.10 Å². The SMILES string of the molecule is COCCOCCCOc1nn(C2CCC(N3C[C@@H](C)O[C@@H](C)C3)CC2)cc1Nc1ncc(-c2ccc(C#N)c(O[C@@H](C)CN=CN)c2)cn1. The Bertz CT molecular complexity index is 1540. The summed E-state index contributed by atoms with van der Waals surface area (Å²) in [4.78, 5) is 15.8. The van der Waals surface area contributed by atoms with Crippen LogP contribution in [0.25, 0.3) is 11.1 Å². The Hall–Kier alpha value is -4.29. The monoisotopic (exact) mass is 689 g/mol. The number of aromatic nitrogens is 4. The molecule has 1 saturated heterocycles. The topological polar surface area (TPSA) is 167 Å². The van der Waals surface area contributed by atoms with Crippen LogP contribution < -0.4 is 20.5 Å². The number of methoxy groups -OCH3 is 1. The Morgan fingerprint density at radius 2 is 1.80 bits per heavy atom. The van der Waals surface area contributed by atoms with Gasteiger partial charge in [0.2, 0.25) is 5.95 Å². The quantitative estimate of drug-likeness (QED) is 0.114. The predicted molar refractivity (Wildman–Crippen MR) is 191 cm³/mol. The number of nitrogens with zero attached hydrogens (tertiary/aromatic N) is 7. The maximum absolute atomic E-state index is 9.60. The van der Waals surface area contributed by atoms with Crippen LogP contribution >= 0.6 is 0 Å². The van der Waals surface area contributed by atoms with Gasteiger partial charge in [-0.25, -0.2) is 9.97 Å². The highest BCUT2D eigenvalue weighted by Gasteiger charge is 2.32. The average molecular weight is 690 g/mol. The van der Waals surface area contributed by atoms with Crippen LogP contribution in [-0.2, 0) is 14.2 Å². The molecule has 3 N–H and O–H groups in total. The Morgan fingerprint density at radius 1 is 1.06 bits per heavy atom. The average Bonchev–Trinajstić information content (AvgIpc) is 3.52. The zero-order valence-corrected chi connectivity index (χ0v) is 29.7. The third-order valence-corrected chi connectivity index (χ3v) is 8.94. The molecule has 3 atom stereocenters. The van der Waals surface area contributed by atoms with Crippen LogP contribution in [0.4, 0.5) is 11.6 Å². The number of morpholine rings is 1. The van der Waals surface area contributed by atoms with Crippen molar-refractivity contribution in [3.63, 3.8) is 0 Å². The highest BCUT2D eigenvalue weighted by atomic mass is 16.5. The van der Waals surface area contributed by atoms with E-state index in [9.17, 15) is 5.26 Å². The Labute approximate surface area is 294 Å². The number of rotatable bonds is 17. The van der Waals surface area contributed by atoms with Crippen LogP contribution in [0, 0.1) is 11.3 Å². The smallest absolute Gasteiger partial charge is 0.256 e. The predicted octanol–water partition coefficient (Wildman–Crippen LogP) is 4.73. The second-order valence-corrected chi connectivity index (χ2v) is 13.0. The molecule has 1 aliphatic carbocycles. The summed E-state index contributed by atoms with van der Waals surface area (Å²) in [6.45, 7) is 10.7. The molecular formula is C36H51N9O5. The maximum Gasteiger partial charge on any atom is 0.256 e. The van der Waals surface area contributed by atoms with Crippen molar-refractivity contribution in [1.82, 2.24) is 24.6 Å². The fourth-order valence-electron chi connectivity index (χ4n) is 6.55. The number of anilines is 2. The van der Waals surface area contributed by atoms with E-state index >= 15 is 0 Å². The van der Waals surface area contributed by atoms with Gasteiger partial charge >= 0.3 is 0 Å². The number of benzene rings is 1. The minimum Gasteiger partial charge on any atom is -0.487 e. The molecule has 0 amide bonds. The zero-order valence-electron chi connectivity index (χ0n) is 29.7. The van der Waals surface area contributed by atoms with Crippen molar-refractivity contribution in [2.45, 2.75) is 83.3 Å². The van der Waals surface area contributed by atoms with Gasteiger partial charge in [0, 0.05) is 57.2 Å². The molecule has 0 radical (unpaired) electrons. The highest BCUT2D eigenvalue weighted by molar-refractivity contribution is 5.67. The maximum atomic E-state index is 9.60. The standard InChI is InChI=1S/C36H51N9O5/c1-25(18-39-24-38)50-34-16-28(6-7-29(34)17-37)30-19-40-36(41-20-30)42-33-23-45(43-35(33)48-13-5-12-47-15-14-46-4)32-10-8-31(9-11-32)44-21-26(2)49-27(3)22-44/h6-7,16,19-20,23-27,31-32H,5,8-15,18,21-22H2,1-4H3,(H2,38,39)(H,40,41,42)/t25-,26-,27+,31?,32?/m0/s1. The van der Waals surface area contributed by atoms with Gasteiger partial charge in [0.1, 0.15) is 23.6 Å². The van der Waals surface area contributed by atoms with Crippen molar-refractivity contribution in [2.75, 3.05) is 58.5 Å². The molecule has 0 spiro atoms. The molecule has 2 aliphatic rings. The van der Waals surface area contributed by atoms with Crippen molar-refractivity contribution in [3.05, 3.63) is 42.4 Å². The van der Waals surface area contributed by atoms with Crippen molar-refractivity contribution in [3.8, 4) is 28.8 Å². The van der Waals surface area contributed by atoms with Gasteiger partial charge in [0.25, 0.3) is 5.88 Å². The van der Waals surface area contributed by atoms with Crippen LogP contribution in [0.3, 0.4) is 0 Å². The third-order valence-electron chi connectivity index (χ3n) is 8.94. The van der Waals surface area contributed by atoms with E-state index in [1.54, 1.807) is 25.6 Å². The summed E-state index contributed by atoms with van der Waals surface area (Å²) in [6, 6.07) is 8.43. The van der Waals surface area contributed by atoms with Gasteiger partial charge < -0.3 is 34.7 Å². The molecule has 3 heterocycles. The number of nitrogens with two attached hydrogens (primary N) is 1. The zero-order chi connectivity index (χ0) is 35.3. The van der Waals surface area contributed by atoms with Crippen LogP contribution in [0.1, 0.15) is 64.5 Å². The molecule has 0 unspecified atom stereocenters. The van der Waals surface area contributed by atoms with E-state index in [1.165, 1.54) is 6.34 Å². The lowest BCUT2D eigenvalue weighted by Crippen LogP contribution is -2.51. The number of ether oxygens (including phenoxy) is 5. The molecule has 5 rings (SSSR count). The van der Waals surface area contributed by atoms with E-state index in [-0.39, 0.29) is 24.4 Å². The van der Waals surface area contributed by atoms with Gasteiger partial charge in [0.15, 0.2) is 0 Å². The number of hydrogen-bond acceptors (Lipinski definition) is 12. The van der Waals surface area contributed by atoms with Crippen molar-refractivity contribution < 1.29 is 23.7 Å². The molecule has 14 heteroatoms. The molecule has 1 aliphatic heterocycles. The first-order valence-electron chi connectivity index (χ1n) is 17.5. The Balaban J connectivity index is 1.26. The molecule has 1 saturated carbocycles. The minimum atomic E-state index is -0.257. The van der Waals surface area contributed by atoms with Gasteiger partial charge in [-0.1, -0.05) is 6.07 Å². The molecule has 14 nitrogen and oxygen atoms in total. The van der Waals surface area contributed by atoms with E-state index in [0.717, 1.165) is 56.3 Å². The summed E-state index contributed by atoms with van der Waals surface area (Å²) in [5.74, 6) is 1.39. The molecule has 0 bridgehead atoms. The van der Waals surface area contributed by atoms with Crippen molar-refractivity contribution in [2.24, 2.45) is 10.7 Å².